The number of pyridine rings is 1. The summed E-state index contributed by atoms with van der Waals surface area (Å²) >= 11 is 7.63. The molecule has 6 heteroatoms. The second-order valence-electron chi connectivity index (χ2n) is 5.48. The summed E-state index contributed by atoms with van der Waals surface area (Å²) in [4.78, 5) is 17.7. The standard InChI is InChI=1S/C18H14ClN3OS/c19-10-4-5-14-11(8-10)18(23)17-15(24-14)9-22-13-3-1-2-12(16(13)17)21-7-6-20/h1-5,8-9,21H,6-7,20H2. The lowest BCUT2D eigenvalue weighted by atomic mass is 10.1. The summed E-state index contributed by atoms with van der Waals surface area (Å²) in [5.41, 5.74) is 7.25. The zero-order chi connectivity index (χ0) is 16.7. The Hall–Kier alpha value is -2.21. The van der Waals surface area contributed by atoms with Gasteiger partial charge >= 0.3 is 0 Å². The van der Waals surface area contributed by atoms with Crippen LogP contribution in [0.25, 0.3) is 31.1 Å². The van der Waals surface area contributed by atoms with E-state index in [0.29, 0.717) is 28.9 Å². The van der Waals surface area contributed by atoms with Crippen LogP contribution in [-0.2, 0) is 0 Å². The average molecular weight is 356 g/mol. The van der Waals surface area contributed by atoms with E-state index in [4.69, 9.17) is 17.3 Å². The van der Waals surface area contributed by atoms with Crippen LogP contribution >= 0.6 is 22.9 Å². The first-order valence-electron chi connectivity index (χ1n) is 7.57. The Kier molecular flexibility index (Phi) is 3.84. The number of nitrogens with zero attached hydrogens (tertiary/aromatic N) is 1. The third kappa shape index (κ3) is 2.41. The van der Waals surface area contributed by atoms with Crippen LogP contribution < -0.4 is 16.5 Å². The number of hydrogen-bond acceptors (Lipinski definition) is 5. The van der Waals surface area contributed by atoms with Gasteiger partial charge in [-0.25, -0.2) is 0 Å². The van der Waals surface area contributed by atoms with Crippen LogP contribution in [0.5, 0.6) is 0 Å². The lowest BCUT2D eigenvalue weighted by Gasteiger charge is -2.11. The molecule has 0 radical (unpaired) electrons. The summed E-state index contributed by atoms with van der Waals surface area (Å²) in [6.07, 6.45) is 1.77. The van der Waals surface area contributed by atoms with Gasteiger partial charge in [0.05, 0.1) is 15.6 Å². The Balaban J connectivity index is 2.18. The van der Waals surface area contributed by atoms with Crippen molar-refractivity contribution in [1.82, 2.24) is 4.98 Å². The van der Waals surface area contributed by atoms with Crippen molar-refractivity contribution in [2.24, 2.45) is 5.73 Å². The Labute approximate surface area is 146 Å². The molecule has 0 spiro atoms. The fraction of sp³-hybridized carbons (Fsp3) is 0.111. The molecular weight excluding hydrogens is 342 g/mol. The highest BCUT2D eigenvalue weighted by atomic mass is 35.5. The SMILES string of the molecule is NCCNc1cccc2ncc3sc4ccc(Cl)cc4c(=O)c3c12. The molecule has 0 saturated heterocycles. The number of benzene rings is 2. The van der Waals surface area contributed by atoms with Crippen molar-refractivity contribution in [2.45, 2.75) is 0 Å². The molecule has 4 aromatic rings. The average Bonchev–Trinajstić information content (AvgIpc) is 2.60. The topological polar surface area (TPSA) is 68.0 Å². The molecule has 0 aliphatic carbocycles. The molecule has 0 aliphatic heterocycles. The third-order valence-corrected chi connectivity index (χ3v) is 5.29. The number of hydrogen-bond donors (Lipinski definition) is 2. The van der Waals surface area contributed by atoms with Crippen molar-refractivity contribution in [3.63, 3.8) is 0 Å². The predicted molar refractivity (Wildman–Crippen MR) is 103 cm³/mol. The smallest absolute Gasteiger partial charge is 0.196 e. The molecule has 0 unspecified atom stereocenters. The summed E-state index contributed by atoms with van der Waals surface area (Å²) in [7, 11) is 0. The lowest BCUT2D eigenvalue weighted by Crippen LogP contribution is -2.13. The van der Waals surface area contributed by atoms with Crippen LogP contribution in [0.4, 0.5) is 5.69 Å². The van der Waals surface area contributed by atoms with Crippen molar-refractivity contribution in [3.05, 3.63) is 57.8 Å². The monoisotopic (exact) mass is 355 g/mol. The number of rotatable bonds is 3. The van der Waals surface area contributed by atoms with Crippen molar-refractivity contribution in [1.29, 1.82) is 0 Å². The molecule has 2 aromatic heterocycles. The zero-order valence-electron chi connectivity index (χ0n) is 12.7. The van der Waals surface area contributed by atoms with E-state index in [0.717, 1.165) is 26.0 Å². The van der Waals surface area contributed by atoms with Crippen molar-refractivity contribution in [2.75, 3.05) is 18.4 Å². The molecule has 0 aliphatic rings. The zero-order valence-corrected chi connectivity index (χ0v) is 14.2. The molecule has 0 bridgehead atoms. The molecular formula is C18H14ClN3OS. The molecule has 0 atom stereocenters. The van der Waals surface area contributed by atoms with Crippen LogP contribution in [0, 0.1) is 0 Å². The van der Waals surface area contributed by atoms with Gasteiger partial charge in [0.1, 0.15) is 0 Å². The van der Waals surface area contributed by atoms with Crippen LogP contribution in [0.2, 0.25) is 5.02 Å². The van der Waals surface area contributed by atoms with E-state index in [1.807, 2.05) is 24.3 Å². The highest BCUT2D eigenvalue weighted by Crippen LogP contribution is 2.33. The first-order chi connectivity index (χ1) is 11.7. The largest absolute Gasteiger partial charge is 0.383 e. The Morgan fingerprint density at radius 3 is 2.88 bits per heavy atom. The number of fused-ring (bicyclic) bond motifs is 4. The Bertz CT molecular complexity index is 1140. The van der Waals surface area contributed by atoms with E-state index >= 15 is 0 Å². The van der Waals surface area contributed by atoms with E-state index in [1.54, 1.807) is 29.7 Å². The molecule has 0 amide bonds. The second-order valence-corrected chi connectivity index (χ2v) is 7.00. The van der Waals surface area contributed by atoms with Gasteiger partial charge in [0.15, 0.2) is 5.43 Å². The molecule has 4 rings (SSSR count). The fourth-order valence-corrected chi connectivity index (χ4v) is 4.11. The van der Waals surface area contributed by atoms with Gasteiger partial charge in [0.25, 0.3) is 0 Å². The van der Waals surface area contributed by atoms with Crippen LogP contribution in [0.15, 0.2) is 47.4 Å². The minimum atomic E-state index is -0.0179. The summed E-state index contributed by atoms with van der Waals surface area (Å²) in [6.45, 7) is 1.15. The van der Waals surface area contributed by atoms with Crippen LogP contribution in [0.3, 0.4) is 0 Å². The van der Waals surface area contributed by atoms with E-state index < -0.39 is 0 Å². The van der Waals surface area contributed by atoms with Crippen LogP contribution in [0.1, 0.15) is 0 Å². The van der Waals surface area contributed by atoms with Crippen molar-refractivity contribution < 1.29 is 0 Å². The van der Waals surface area contributed by atoms with Gasteiger partial charge in [-0.2, -0.15) is 0 Å². The van der Waals surface area contributed by atoms with Gasteiger partial charge in [-0.3, -0.25) is 9.78 Å². The molecule has 3 N–H and O–H groups in total. The van der Waals surface area contributed by atoms with Gasteiger partial charge < -0.3 is 11.1 Å². The van der Waals surface area contributed by atoms with Crippen molar-refractivity contribution in [3.8, 4) is 0 Å². The number of halogens is 1. The Morgan fingerprint density at radius 1 is 1.17 bits per heavy atom. The number of nitrogens with one attached hydrogen (secondary N) is 1. The van der Waals surface area contributed by atoms with E-state index in [9.17, 15) is 4.79 Å². The Morgan fingerprint density at radius 2 is 2.04 bits per heavy atom. The van der Waals surface area contributed by atoms with E-state index in [2.05, 4.69) is 10.3 Å². The minimum absolute atomic E-state index is 0.0179. The first kappa shape index (κ1) is 15.3. The summed E-state index contributed by atoms with van der Waals surface area (Å²) in [5, 5.41) is 6.01. The normalized spacial score (nSPS) is 11.4. The minimum Gasteiger partial charge on any atom is -0.383 e. The molecule has 120 valence electrons. The molecule has 2 aromatic carbocycles. The molecule has 24 heavy (non-hydrogen) atoms. The van der Waals surface area contributed by atoms with Gasteiger partial charge in [-0.1, -0.05) is 17.7 Å². The van der Waals surface area contributed by atoms with Gasteiger partial charge in [0.2, 0.25) is 0 Å². The number of anilines is 1. The summed E-state index contributed by atoms with van der Waals surface area (Å²) in [6, 6.07) is 11.2. The van der Waals surface area contributed by atoms with Crippen molar-refractivity contribution >= 4 is 59.7 Å². The second kappa shape index (κ2) is 6.02. The van der Waals surface area contributed by atoms with Gasteiger partial charge in [-0.05, 0) is 30.3 Å². The number of aromatic nitrogens is 1. The summed E-state index contributed by atoms with van der Waals surface area (Å²) in [5.74, 6) is 0. The lowest BCUT2D eigenvalue weighted by molar-refractivity contribution is 1.03. The highest BCUT2D eigenvalue weighted by Gasteiger charge is 2.13. The molecule has 0 fully saturated rings. The van der Waals surface area contributed by atoms with Gasteiger partial charge in [0, 0.05) is 45.5 Å². The third-order valence-electron chi connectivity index (χ3n) is 3.95. The molecule has 4 nitrogen and oxygen atoms in total. The number of nitrogens with two attached hydrogens (primary N) is 1. The fourth-order valence-electron chi connectivity index (χ4n) is 2.91. The quantitative estimate of drug-likeness (QED) is 0.430. The molecule has 2 heterocycles. The van der Waals surface area contributed by atoms with E-state index in [-0.39, 0.29) is 5.43 Å². The maximum absolute atomic E-state index is 13.1. The van der Waals surface area contributed by atoms with Crippen LogP contribution in [-0.4, -0.2) is 18.1 Å². The van der Waals surface area contributed by atoms with E-state index in [1.165, 1.54) is 0 Å². The first-order valence-corrected chi connectivity index (χ1v) is 8.76. The van der Waals surface area contributed by atoms with Gasteiger partial charge in [-0.15, -0.1) is 11.3 Å². The summed E-state index contributed by atoms with van der Waals surface area (Å²) < 4.78 is 1.77. The maximum Gasteiger partial charge on any atom is 0.196 e. The molecule has 0 saturated carbocycles. The maximum atomic E-state index is 13.1. The highest BCUT2D eigenvalue weighted by molar-refractivity contribution is 7.24. The predicted octanol–water partition coefficient (Wildman–Crippen LogP) is 3.99.